The number of carbonyl (C=O) groups is 1. The summed E-state index contributed by atoms with van der Waals surface area (Å²) in [6.45, 7) is 2.23. The molecule has 4 aromatic rings. The molecule has 29 heavy (non-hydrogen) atoms. The van der Waals surface area contributed by atoms with E-state index in [2.05, 4.69) is 41.6 Å². The Balaban J connectivity index is 1.47. The third-order valence-electron chi connectivity index (χ3n) is 4.20. The Morgan fingerprint density at radius 3 is 2.59 bits per heavy atom. The van der Waals surface area contributed by atoms with Gasteiger partial charge >= 0.3 is 0 Å². The fourth-order valence-corrected chi connectivity index (χ4v) is 3.00. The number of hydrogen-bond acceptors (Lipinski definition) is 5. The highest BCUT2D eigenvalue weighted by Gasteiger charge is 2.19. The fraction of sp³-hybridized carbons (Fsp3) is 0.105. The van der Waals surface area contributed by atoms with Gasteiger partial charge in [-0.25, -0.2) is 18.7 Å². The summed E-state index contributed by atoms with van der Waals surface area (Å²) in [5, 5.41) is 14.8. The van der Waals surface area contributed by atoms with Gasteiger partial charge in [-0.2, -0.15) is 0 Å². The maximum atomic E-state index is 13.1. The molecule has 1 amide bonds. The first kappa shape index (κ1) is 18.9. The zero-order valence-electron chi connectivity index (χ0n) is 15.3. The number of halogens is 2. The van der Waals surface area contributed by atoms with Crippen LogP contribution in [0.5, 0.6) is 0 Å². The van der Waals surface area contributed by atoms with Gasteiger partial charge in [0.2, 0.25) is 5.95 Å². The maximum absolute atomic E-state index is 13.1. The fourth-order valence-electron chi connectivity index (χ4n) is 2.73. The van der Waals surface area contributed by atoms with Crippen molar-refractivity contribution in [3.63, 3.8) is 0 Å². The van der Waals surface area contributed by atoms with Gasteiger partial charge in [0.05, 0.1) is 17.9 Å². The van der Waals surface area contributed by atoms with Gasteiger partial charge in [-0.3, -0.25) is 10.1 Å². The third kappa shape index (κ3) is 4.21. The lowest BCUT2D eigenvalue weighted by molar-refractivity contribution is 0.102. The van der Waals surface area contributed by atoms with E-state index in [-0.39, 0.29) is 17.5 Å². The van der Waals surface area contributed by atoms with Gasteiger partial charge < -0.3 is 0 Å². The lowest BCUT2D eigenvalue weighted by Gasteiger charge is -2.03. The van der Waals surface area contributed by atoms with E-state index in [0.717, 1.165) is 10.0 Å². The standard InChI is InChI=1S/C19H15BrFN7O/c1-12-17(24-26-28(12)16-8-6-15(21)7-9-16)18(29)23-19-22-11-27(25-19)10-13-2-4-14(20)5-3-13/h2-9,11H,10H2,1H3,(H,23,25,29). The second-order valence-corrected chi connectivity index (χ2v) is 7.17. The predicted molar refractivity (Wildman–Crippen MR) is 107 cm³/mol. The summed E-state index contributed by atoms with van der Waals surface area (Å²) in [5.41, 5.74) is 2.31. The predicted octanol–water partition coefficient (Wildman–Crippen LogP) is 3.37. The first-order valence-electron chi connectivity index (χ1n) is 8.63. The lowest BCUT2D eigenvalue weighted by atomic mass is 10.2. The summed E-state index contributed by atoms with van der Waals surface area (Å²) >= 11 is 3.40. The Bertz CT molecular complexity index is 1150. The van der Waals surface area contributed by atoms with Crippen LogP contribution in [0, 0.1) is 12.7 Å². The van der Waals surface area contributed by atoms with Crippen molar-refractivity contribution in [3.8, 4) is 5.69 Å². The minimum absolute atomic E-state index is 0.138. The van der Waals surface area contributed by atoms with E-state index in [1.54, 1.807) is 30.1 Å². The molecule has 0 bridgehead atoms. The third-order valence-corrected chi connectivity index (χ3v) is 4.73. The Kier molecular flexibility index (Phi) is 5.17. The number of rotatable bonds is 5. The molecule has 0 saturated heterocycles. The molecule has 0 fully saturated rings. The molecule has 0 aliphatic heterocycles. The number of nitrogens with zero attached hydrogens (tertiary/aromatic N) is 6. The zero-order chi connectivity index (χ0) is 20.4. The van der Waals surface area contributed by atoms with Crippen LogP contribution in [-0.2, 0) is 6.54 Å². The van der Waals surface area contributed by atoms with Gasteiger partial charge in [0.15, 0.2) is 5.69 Å². The number of carbonyl (C=O) groups excluding carboxylic acids is 1. The molecule has 0 radical (unpaired) electrons. The molecule has 0 atom stereocenters. The molecule has 0 unspecified atom stereocenters. The van der Waals surface area contributed by atoms with E-state index in [9.17, 15) is 9.18 Å². The molecular formula is C19H15BrFN7O. The number of benzene rings is 2. The maximum Gasteiger partial charge on any atom is 0.280 e. The van der Waals surface area contributed by atoms with Crippen molar-refractivity contribution in [3.05, 3.63) is 82.1 Å². The number of aromatic nitrogens is 6. The molecule has 10 heteroatoms. The van der Waals surface area contributed by atoms with E-state index in [1.807, 2.05) is 24.3 Å². The minimum Gasteiger partial charge on any atom is -0.288 e. The molecule has 0 aliphatic carbocycles. The zero-order valence-corrected chi connectivity index (χ0v) is 16.8. The highest BCUT2D eigenvalue weighted by atomic mass is 79.9. The Morgan fingerprint density at radius 1 is 1.14 bits per heavy atom. The van der Waals surface area contributed by atoms with Gasteiger partial charge in [0.25, 0.3) is 5.91 Å². The average molecular weight is 456 g/mol. The van der Waals surface area contributed by atoms with Crippen LogP contribution in [0.1, 0.15) is 21.7 Å². The minimum atomic E-state index is -0.475. The van der Waals surface area contributed by atoms with Gasteiger partial charge in [0.1, 0.15) is 12.1 Å². The van der Waals surface area contributed by atoms with Crippen LogP contribution in [-0.4, -0.2) is 35.7 Å². The van der Waals surface area contributed by atoms with Crippen LogP contribution in [0.4, 0.5) is 10.3 Å². The molecule has 2 heterocycles. The molecular weight excluding hydrogens is 441 g/mol. The molecule has 2 aromatic carbocycles. The van der Waals surface area contributed by atoms with Crippen LogP contribution in [0.3, 0.4) is 0 Å². The van der Waals surface area contributed by atoms with Crippen molar-refractivity contribution in [2.75, 3.05) is 5.32 Å². The summed E-state index contributed by atoms with van der Waals surface area (Å²) in [6, 6.07) is 13.6. The van der Waals surface area contributed by atoms with Crippen LogP contribution < -0.4 is 5.32 Å². The molecule has 0 aliphatic rings. The lowest BCUT2D eigenvalue weighted by Crippen LogP contribution is -2.15. The second kappa shape index (κ2) is 7.92. The van der Waals surface area contributed by atoms with E-state index in [0.29, 0.717) is 17.9 Å². The van der Waals surface area contributed by atoms with E-state index < -0.39 is 5.91 Å². The van der Waals surface area contributed by atoms with Crippen molar-refractivity contribution in [1.29, 1.82) is 0 Å². The summed E-state index contributed by atoms with van der Waals surface area (Å²) in [5.74, 6) is -0.658. The van der Waals surface area contributed by atoms with E-state index in [1.165, 1.54) is 16.8 Å². The highest BCUT2D eigenvalue weighted by molar-refractivity contribution is 9.10. The summed E-state index contributed by atoms with van der Waals surface area (Å²) < 4.78 is 17.2. The van der Waals surface area contributed by atoms with Crippen LogP contribution in [0.15, 0.2) is 59.3 Å². The van der Waals surface area contributed by atoms with Gasteiger partial charge in [-0.1, -0.05) is 33.3 Å². The topological polar surface area (TPSA) is 90.5 Å². The van der Waals surface area contributed by atoms with Crippen molar-refractivity contribution in [2.45, 2.75) is 13.5 Å². The summed E-state index contributed by atoms with van der Waals surface area (Å²) in [4.78, 5) is 16.7. The Hall–Kier alpha value is -3.40. The molecule has 146 valence electrons. The van der Waals surface area contributed by atoms with Crippen molar-refractivity contribution in [1.82, 2.24) is 29.8 Å². The largest absolute Gasteiger partial charge is 0.288 e. The first-order valence-corrected chi connectivity index (χ1v) is 9.42. The highest BCUT2D eigenvalue weighted by Crippen LogP contribution is 2.14. The Morgan fingerprint density at radius 2 is 1.86 bits per heavy atom. The van der Waals surface area contributed by atoms with Gasteiger partial charge in [-0.05, 0) is 48.9 Å². The number of hydrogen-bond donors (Lipinski definition) is 1. The van der Waals surface area contributed by atoms with Crippen LogP contribution in [0.2, 0.25) is 0 Å². The Labute approximate surface area is 173 Å². The monoisotopic (exact) mass is 455 g/mol. The number of amides is 1. The van der Waals surface area contributed by atoms with E-state index in [4.69, 9.17) is 0 Å². The number of anilines is 1. The first-order chi connectivity index (χ1) is 14.0. The van der Waals surface area contributed by atoms with Crippen molar-refractivity contribution in [2.24, 2.45) is 0 Å². The molecule has 8 nitrogen and oxygen atoms in total. The quantitative estimate of drug-likeness (QED) is 0.498. The smallest absolute Gasteiger partial charge is 0.280 e. The van der Waals surface area contributed by atoms with Gasteiger partial charge in [0, 0.05) is 4.47 Å². The summed E-state index contributed by atoms with van der Waals surface area (Å²) in [7, 11) is 0. The molecule has 2 aromatic heterocycles. The second-order valence-electron chi connectivity index (χ2n) is 6.26. The molecule has 4 rings (SSSR count). The SMILES string of the molecule is Cc1c(C(=O)Nc2ncn(Cc3ccc(Br)cc3)n2)nnn1-c1ccc(F)cc1. The van der Waals surface area contributed by atoms with Crippen LogP contribution >= 0.6 is 15.9 Å². The molecule has 1 N–H and O–H groups in total. The van der Waals surface area contributed by atoms with Crippen LogP contribution in [0.25, 0.3) is 5.69 Å². The summed E-state index contributed by atoms with van der Waals surface area (Å²) in [6.07, 6.45) is 1.54. The number of nitrogens with one attached hydrogen (secondary N) is 1. The van der Waals surface area contributed by atoms with E-state index >= 15 is 0 Å². The average Bonchev–Trinajstić information content (AvgIpc) is 3.30. The van der Waals surface area contributed by atoms with Crippen molar-refractivity contribution >= 4 is 27.8 Å². The normalized spacial score (nSPS) is 10.9. The molecule has 0 spiro atoms. The molecule has 0 saturated carbocycles. The van der Waals surface area contributed by atoms with Gasteiger partial charge in [-0.15, -0.1) is 10.2 Å². The van der Waals surface area contributed by atoms with Crippen molar-refractivity contribution < 1.29 is 9.18 Å².